The number of hydrogen-bond acceptors (Lipinski definition) is 1. The molecule has 0 bridgehead atoms. The summed E-state index contributed by atoms with van der Waals surface area (Å²) in [5, 5.41) is 0. The van der Waals surface area contributed by atoms with E-state index < -0.39 is 0 Å². The van der Waals surface area contributed by atoms with Gasteiger partial charge in [0.2, 0.25) is 0 Å². The Hall–Kier alpha value is -0.980. The number of rotatable bonds is 3. The Morgan fingerprint density at radius 2 is 1.89 bits per heavy atom. The zero-order chi connectivity index (χ0) is 13.5. The number of benzene rings is 1. The summed E-state index contributed by atoms with van der Waals surface area (Å²) in [5.41, 5.74) is 6.14. The first-order chi connectivity index (χ1) is 8.76. The standard InChI is InChI=1S/C15H23N.C2H6/c1-4-7-13-10-12(3)11-14-8-6-9-16(5-2)15(13)14;1-2/h10-11H,4-9H2,1-3H3;1-2H3. The third kappa shape index (κ3) is 3.28. The summed E-state index contributed by atoms with van der Waals surface area (Å²) in [7, 11) is 0. The van der Waals surface area contributed by atoms with Crippen LogP contribution in [0, 0.1) is 6.92 Å². The molecule has 0 aliphatic carbocycles. The van der Waals surface area contributed by atoms with E-state index in [1.807, 2.05) is 13.8 Å². The Labute approximate surface area is 113 Å². The molecular weight excluding hydrogens is 218 g/mol. The van der Waals surface area contributed by atoms with Gasteiger partial charge in [-0.2, -0.15) is 0 Å². The molecule has 1 aliphatic heterocycles. The molecule has 0 saturated carbocycles. The van der Waals surface area contributed by atoms with E-state index in [1.165, 1.54) is 37.8 Å². The third-order valence-electron chi connectivity index (χ3n) is 3.50. The fourth-order valence-corrected chi connectivity index (χ4v) is 2.88. The van der Waals surface area contributed by atoms with Crippen molar-refractivity contribution in [3.8, 4) is 0 Å². The van der Waals surface area contributed by atoms with Crippen LogP contribution < -0.4 is 4.90 Å². The second-order valence-electron chi connectivity index (χ2n) is 4.86. The van der Waals surface area contributed by atoms with E-state index in [0.717, 1.165) is 6.54 Å². The van der Waals surface area contributed by atoms with Crippen molar-refractivity contribution in [2.45, 2.75) is 60.3 Å². The zero-order valence-electron chi connectivity index (χ0n) is 12.8. The first-order valence-electron chi connectivity index (χ1n) is 7.63. The summed E-state index contributed by atoms with van der Waals surface area (Å²) >= 11 is 0. The molecule has 18 heavy (non-hydrogen) atoms. The SMILES string of the molecule is CC.CCCc1cc(C)cc2c1N(CC)CCC2. The van der Waals surface area contributed by atoms with Gasteiger partial charge in [-0.25, -0.2) is 0 Å². The highest BCUT2D eigenvalue weighted by molar-refractivity contribution is 5.62. The van der Waals surface area contributed by atoms with Crippen LogP contribution in [-0.4, -0.2) is 13.1 Å². The Kier molecular flexibility index (Phi) is 6.24. The summed E-state index contributed by atoms with van der Waals surface area (Å²) in [6, 6.07) is 4.77. The quantitative estimate of drug-likeness (QED) is 0.745. The number of anilines is 1. The van der Waals surface area contributed by atoms with Gasteiger partial charge in [0.1, 0.15) is 0 Å². The Morgan fingerprint density at radius 1 is 1.17 bits per heavy atom. The highest BCUT2D eigenvalue weighted by atomic mass is 15.1. The van der Waals surface area contributed by atoms with Crippen molar-refractivity contribution >= 4 is 5.69 Å². The van der Waals surface area contributed by atoms with Crippen LogP contribution in [0.15, 0.2) is 12.1 Å². The predicted octanol–water partition coefficient (Wildman–Crippen LogP) is 4.75. The van der Waals surface area contributed by atoms with Gasteiger partial charge < -0.3 is 4.90 Å². The van der Waals surface area contributed by atoms with Gasteiger partial charge in [0, 0.05) is 18.8 Å². The van der Waals surface area contributed by atoms with Crippen molar-refractivity contribution in [1.82, 2.24) is 0 Å². The van der Waals surface area contributed by atoms with Crippen LogP contribution in [0.25, 0.3) is 0 Å². The van der Waals surface area contributed by atoms with Crippen LogP contribution in [-0.2, 0) is 12.8 Å². The molecule has 0 N–H and O–H groups in total. The topological polar surface area (TPSA) is 3.24 Å². The molecule has 0 unspecified atom stereocenters. The van der Waals surface area contributed by atoms with E-state index >= 15 is 0 Å². The Balaban J connectivity index is 0.000000771. The molecule has 0 aromatic heterocycles. The van der Waals surface area contributed by atoms with E-state index in [1.54, 1.807) is 16.8 Å². The molecule has 1 aliphatic rings. The van der Waals surface area contributed by atoms with Crippen molar-refractivity contribution in [2.24, 2.45) is 0 Å². The van der Waals surface area contributed by atoms with Crippen molar-refractivity contribution in [3.05, 3.63) is 28.8 Å². The van der Waals surface area contributed by atoms with Gasteiger partial charge >= 0.3 is 0 Å². The maximum Gasteiger partial charge on any atom is 0.0431 e. The number of hydrogen-bond donors (Lipinski definition) is 0. The van der Waals surface area contributed by atoms with Crippen molar-refractivity contribution in [3.63, 3.8) is 0 Å². The molecule has 1 heterocycles. The molecule has 1 heteroatoms. The van der Waals surface area contributed by atoms with E-state index in [2.05, 4.69) is 37.8 Å². The fraction of sp³-hybridized carbons (Fsp3) is 0.647. The molecule has 1 aromatic rings. The maximum atomic E-state index is 2.56. The second-order valence-corrected chi connectivity index (χ2v) is 4.86. The van der Waals surface area contributed by atoms with Gasteiger partial charge in [-0.1, -0.05) is 44.9 Å². The summed E-state index contributed by atoms with van der Waals surface area (Å²) in [5.74, 6) is 0. The minimum absolute atomic E-state index is 1.15. The lowest BCUT2D eigenvalue weighted by atomic mass is 9.93. The van der Waals surface area contributed by atoms with Crippen LogP contribution in [0.3, 0.4) is 0 Å². The molecule has 1 nitrogen and oxygen atoms in total. The van der Waals surface area contributed by atoms with Gasteiger partial charge in [0.15, 0.2) is 0 Å². The van der Waals surface area contributed by atoms with E-state index in [4.69, 9.17) is 0 Å². The average molecular weight is 247 g/mol. The number of fused-ring (bicyclic) bond motifs is 1. The van der Waals surface area contributed by atoms with Crippen LogP contribution in [0.1, 0.15) is 57.2 Å². The third-order valence-corrected chi connectivity index (χ3v) is 3.50. The minimum Gasteiger partial charge on any atom is -0.371 e. The van der Waals surface area contributed by atoms with Crippen LogP contribution in [0.5, 0.6) is 0 Å². The molecule has 2 rings (SSSR count). The predicted molar refractivity (Wildman–Crippen MR) is 82.7 cm³/mol. The highest BCUT2D eigenvalue weighted by Crippen LogP contribution is 2.32. The summed E-state index contributed by atoms with van der Waals surface area (Å²) in [6.07, 6.45) is 5.05. The van der Waals surface area contributed by atoms with Gasteiger partial charge in [0.05, 0.1) is 0 Å². The van der Waals surface area contributed by atoms with E-state index in [9.17, 15) is 0 Å². The monoisotopic (exact) mass is 247 g/mol. The summed E-state index contributed by atoms with van der Waals surface area (Å²) in [4.78, 5) is 2.56. The molecule has 102 valence electrons. The molecule has 0 radical (unpaired) electrons. The summed E-state index contributed by atoms with van der Waals surface area (Å²) in [6.45, 7) is 13.2. The first-order valence-corrected chi connectivity index (χ1v) is 7.63. The average Bonchev–Trinajstić information content (AvgIpc) is 2.40. The Bertz CT molecular complexity index is 368. The van der Waals surface area contributed by atoms with Crippen molar-refractivity contribution in [2.75, 3.05) is 18.0 Å². The fourth-order valence-electron chi connectivity index (χ4n) is 2.88. The van der Waals surface area contributed by atoms with Gasteiger partial charge in [0.25, 0.3) is 0 Å². The smallest absolute Gasteiger partial charge is 0.0431 e. The molecule has 0 fully saturated rings. The van der Waals surface area contributed by atoms with E-state index in [0.29, 0.717) is 0 Å². The van der Waals surface area contributed by atoms with Crippen molar-refractivity contribution < 1.29 is 0 Å². The lowest BCUT2D eigenvalue weighted by molar-refractivity contribution is 0.699. The van der Waals surface area contributed by atoms with E-state index in [-0.39, 0.29) is 0 Å². The highest BCUT2D eigenvalue weighted by Gasteiger charge is 2.18. The van der Waals surface area contributed by atoms with Crippen LogP contribution in [0.2, 0.25) is 0 Å². The first kappa shape index (κ1) is 15.1. The zero-order valence-corrected chi connectivity index (χ0v) is 12.8. The van der Waals surface area contributed by atoms with Gasteiger partial charge in [-0.15, -0.1) is 0 Å². The normalized spacial score (nSPS) is 13.7. The van der Waals surface area contributed by atoms with Gasteiger partial charge in [-0.3, -0.25) is 0 Å². The number of nitrogens with zero attached hydrogens (tertiary/aromatic N) is 1. The molecular formula is C17H29N. The molecule has 0 saturated heterocycles. The second kappa shape index (κ2) is 7.45. The molecule has 0 atom stereocenters. The number of aryl methyl sites for hydroxylation is 3. The van der Waals surface area contributed by atoms with Gasteiger partial charge in [-0.05, 0) is 44.2 Å². The molecule has 0 spiro atoms. The Morgan fingerprint density at radius 3 is 2.50 bits per heavy atom. The lowest BCUT2D eigenvalue weighted by Crippen LogP contribution is -2.30. The lowest BCUT2D eigenvalue weighted by Gasteiger charge is -2.33. The van der Waals surface area contributed by atoms with Crippen molar-refractivity contribution in [1.29, 1.82) is 0 Å². The largest absolute Gasteiger partial charge is 0.371 e. The molecule has 1 aromatic carbocycles. The molecule has 0 amide bonds. The maximum absolute atomic E-state index is 2.56. The summed E-state index contributed by atoms with van der Waals surface area (Å²) < 4.78 is 0. The van der Waals surface area contributed by atoms with Crippen LogP contribution in [0.4, 0.5) is 5.69 Å². The van der Waals surface area contributed by atoms with Crippen LogP contribution >= 0.6 is 0 Å². The minimum atomic E-state index is 1.15.